The van der Waals surface area contributed by atoms with Crippen LogP contribution in [0.15, 0.2) is 58.0 Å². The number of rotatable bonds is 6. The third kappa shape index (κ3) is 8.59. The number of hydrogen-bond donors (Lipinski definition) is 1. The lowest BCUT2D eigenvalue weighted by Gasteiger charge is -2.33. The molecule has 12 heteroatoms. The number of aromatic nitrogens is 4. The lowest BCUT2D eigenvalue weighted by atomic mass is 10.1. The van der Waals surface area contributed by atoms with Gasteiger partial charge in [-0.1, -0.05) is 24.3 Å². The fourth-order valence-corrected chi connectivity index (χ4v) is 5.35. The number of amides is 1. The molecular weight excluding hydrogens is 576 g/mol. The molecule has 6 rings (SSSR count). The van der Waals surface area contributed by atoms with Gasteiger partial charge in [-0.15, -0.1) is 20.4 Å². The Balaban J connectivity index is 0.000000186. The first-order valence-electron chi connectivity index (χ1n) is 15.4. The molecule has 240 valence electrons. The van der Waals surface area contributed by atoms with Crippen LogP contribution < -0.4 is 14.8 Å². The molecule has 45 heavy (non-hydrogen) atoms. The van der Waals surface area contributed by atoms with E-state index in [1.165, 1.54) is 12.8 Å². The van der Waals surface area contributed by atoms with Crippen LogP contribution in [0.2, 0.25) is 0 Å². The minimum absolute atomic E-state index is 0.0251. The largest absolute Gasteiger partial charge is 0.489 e. The summed E-state index contributed by atoms with van der Waals surface area (Å²) < 4.78 is 28.4. The highest BCUT2D eigenvalue weighted by Gasteiger charge is 2.28. The molecule has 2 aromatic carbocycles. The van der Waals surface area contributed by atoms with E-state index in [1.807, 2.05) is 71.0 Å². The van der Waals surface area contributed by atoms with E-state index in [1.54, 1.807) is 4.90 Å². The van der Waals surface area contributed by atoms with Crippen molar-refractivity contribution in [3.05, 3.63) is 60.3 Å². The Bertz CT molecular complexity index is 1510. The number of ether oxygens (including phenoxy) is 3. The molecule has 4 heterocycles. The van der Waals surface area contributed by atoms with Gasteiger partial charge in [0.1, 0.15) is 29.3 Å². The number of piperidine rings is 2. The molecule has 2 saturated heterocycles. The molecule has 12 nitrogen and oxygen atoms in total. The molecule has 2 aliphatic heterocycles. The summed E-state index contributed by atoms with van der Waals surface area (Å²) in [5.74, 6) is 2.52. The van der Waals surface area contributed by atoms with Crippen molar-refractivity contribution in [2.75, 3.05) is 26.2 Å². The second-order valence-electron chi connectivity index (χ2n) is 12.2. The smallest absolute Gasteiger partial charge is 0.410 e. The Kier molecular flexibility index (Phi) is 10.3. The van der Waals surface area contributed by atoms with Crippen molar-refractivity contribution in [2.45, 2.75) is 78.1 Å². The highest BCUT2D eigenvalue weighted by Crippen LogP contribution is 2.34. The van der Waals surface area contributed by atoms with Crippen molar-refractivity contribution in [1.82, 2.24) is 30.6 Å². The van der Waals surface area contributed by atoms with E-state index in [0.29, 0.717) is 24.9 Å². The van der Waals surface area contributed by atoms with Gasteiger partial charge in [0.05, 0.1) is 11.1 Å². The van der Waals surface area contributed by atoms with Gasteiger partial charge in [0.15, 0.2) is 0 Å². The number of nitrogens with zero attached hydrogens (tertiary/aromatic N) is 5. The van der Waals surface area contributed by atoms with E-state index < -0.39 is 5.60 Å². The molecule has 1 N–H and O–H groups in total. The van der Waals surface area contributed by atoms with E-state index in [-0.39, 0.29) is 18.3 Å². The average molecular weight is 619 g/mol. The monoisotopic (exact) mass is 618 g/mol. The van der Waals surface area contributed by atoms with E-state index >= 15 is 0 Å². The van der Waals surface area contributed by atoms with E-state index in [2.05, 4.69) is 25.7 Å². The highest BCUT2D eigenvalue weighted by atomic mass is 16.6. The zero-order valence-corrected chi connectivity index (χ0v) is 26.6. The van der Waals surface area contributed by atoms with Crippen LogP contribution in [0.4, 0.5) is 4.79 Å². The average Bonchev–Trinajstić information content (AvgIpc) is 3.73. The zero-order chi connectivity index (χ0) is 31.8. The normalized spacial score (nSPS) is 16.1. The fraction of sp³-hybridized carbons (Fsp3) is 0.485. The van der Waals surface area contributed by atoms with E-state index in [4.69, 9.17) is 23.0 Å². The van der Waals surface area contributed by atoms with Gasteiger partial charge in [-0.25, -0.2) is 4.79 Å². The fourth-order valence-electron chi connectivity index (χ4n) is 5.35. The number of carbonyl (C=O) groups excluding carboxylic acids is 1. The van der Waals surface area contributed by atoms with Crippen molar-refractivity contribution < 1.29 is 27.8 Å². The molecule has 2 aromatic heterocycles. The van der Waals surface area contributed by atoms with Crippen LogP contribution >= 0.6 is 0 Å². The molecule has 0 aliphatic carbocycles. The maximum atomic E-state index is 12.2. The summed E-state index contributed by atoms with van der Waals surface area (Å²) in [6.07, 6.45) is 6.21. The van der Waals surface area contributed by atoms with Crippen molar-refractivity contribution >= 4 is 6.09 Å². The Hall–Kier alpha value is -4.45. The molecule has 0 bridgehead atoms. The van der Waals surface area contributed by atoms with Gasteiger partial charge in [-0.3, -0.25) is 0 Å². The second kappa shape index (κ2) is 14.6. The quantitative estimate of drug-likeness (QED) is 0.272. The minimum Gasteiger partial charge on any atom is -0.489 e. The topological polar surface area (TPSA) is 138 Å². The number of carbonyl (C=O) groups is 1. The molecule has 1 amide bonds. The van der Waals surface area contributed by atoms with Crippen molar-refractivity contribution in [3.63, 3.8) is 0 Å². The van der Waals surface area contributed by atoms with Gasteiger partial charge in [0.25, 0.3) is 11.8 Å². The first kappa shape index (κ1) is 32.0. The Morgan fingerprint density at radius 3 is 1.73 bits per heavy atom. The van der Waals surface area contributed by atoms with Crippen molar-refractivity contribution in [1.29, 1.82) is 0 Å². The van der Waals surface area contributed by atoms with Crippen LogP contribution in [0.1, 0.15) is 57.6 Å². The first-order chi connectivity index (χ1) is 21.7. The second-order valence-corrected chi connectivity index (χ2v) is 12.2. The molecule has 0 unspecified atom stereocenters. The summed E-state index contributed by atoms with van der Waals surface area (Å²) in [6, 6.07) is 11.8. The first-order valence-corrected chi connectivity index (χ1v) is 15.4. The molecule has 0 spiro atoms. The van der Waals surface area contributed by atoms with Crippen LogP contribution in [0, 0.1) is 13.8 Å². The van der Waals surface area contributed by atoms with E-state index in [0.717, 1.165) is 72.5 Å². The van der Waals surface area contributed by atoms with Gasteiger partial charge in [0, 0.05) is 25.9 Å². The highest BCUT2D eigenvalue weighted by molar-refractivity contribution is 5.69. The lowest BCUT2D eigenvalue weighted by molar-refractivity contribution is 0.0127. The molecule has 0 atom stereocenters. The summed E-state index contributed by atoms with van der Waals surface area (Å²) in [7, 11) is 0. The van der Waals surface area contributed by atoms with Crippen LogP contribution in [0.3, 0.4) is 0 Å². The molecule has 0 radical (unpaired) electrons. The van der Waals surface area contributed by atoms with Crippen LogP contribution in [-0.4, -0.2) is 75.4 Å². The summed E-state index contributed by atoms with van der Waals surface area (Å²) in [6.45, 7) is 12.9. The number of likely N-dealkylation sites (tertiary alicyclic amines) is 1. The molecule has 2 fully saturated rings. The number of aryl methyl sites for hydroxylation is 2. The molecule has 4 aromatic rings. The van der Waals surface area contributed by atoms with Gasteiger partial charge < -0.3 is 33.3 Å². The number of benzene rings is 2. The third-order valence-electron chi connectivity index (χ3n) is 7.58. The summed E-state index contributed by atoms with van der Waals surface area (Å²) in [5.41, 5.74) is 3.33. The Morgan fingerprint density at radius 1 is 0.800 bits per heavy atom. The standard InChI is InChI=1S/C19H25N3O4.C14H17N3O2/c1-13-6-5-7-15(16(13)17-21-20-12-24-17)25-14-8-10-22(11-9-14)18(23)26-19(2,3)4;1-10-3-2-4-12(13(10)14-17-16-9-18-14)19-11-5-7-15-8-6-11/h5-7,12,14H,8-11H2,1-4H3;2-4,9,11,15H,5-8H2,1H3. The molecular formula is C33H42N6O6. The molecule has 2 aliphatic rings. The Morgan fingerprint density at radius 2 is 1.29 bits per heavy atom. The third-order valence-corrected chi connectivity index (χ3v) is 7.58. The maximum Gasteiger partial charge on any atom is 0.410 e. The lowest BCUT2D eigenvalue weighted by Crippen LogP contribution is -2.44. The van der Waals surface area contributed by atoms with Crippen LogP contribution in [0.25, 0.3) is 22.9 Å². The summed E-state index contributed by atoms with van der Waals surface area (Å²) in [4.78, 5) is 13.9. The van der Waals surface area contributed by atoms with Gasteiger partial charge >= 0.3 is 6.09 Å². The van der Waals surface area contributed by atoms with Crippen molar-refractivity contribution in [2.24, 2.45) is 0 Å². The number of nitrogens with one attached hydrogen (secondary N) is 1. The van der Waals surface area contributed by atoms with Crippen LogP contribution in [-0.2, 0) is 4.74 Å². The predicted octanol–water partition coefficient (Wildman–Crippen LogP) is 6.00. The zero-order valence-electron chi connectivity index (χ0n) is 26.6. The summed E-state index contributed by atoms with van der Waals surface area (Å²) >= 11 is 0. The molecule has 0 saturated carbocycles. The van der Waals surface area contributed by atoms with Crippen molar-refractivity contribution in [3.8, 4) is 34.4 Å². The predicted molar refractivity (Wildman–Crippen MR) is 167 cm³/mol. The Labute approximate surface area is 263 Å². The minimum atomic E-state index is -0.481. The SMILES string of the molecule is Cc1cccc(OC2CCN(C(=O)OC(C)(C)C)CC2)c1-c1nnco1.Cc1cccc(OC2CCNCC2)c1-c1nnco1. The van der Waals surface area contributed by atoms with Gasteiger partial charge in [-0.2, -0.15) is 0 Å². The van der Waals surface area contributed by atoms with Gasteiger partial charge in [-0.05, 0) is 83.8 Å². The summed E-state index contributed by atoms with van der Waals surface area (Å²) in [5, 5.41) is 18.8. The van der Waals surface area contributed by atoms with E-state index in [9.17, 15) is 4.79 Å². The van der Waals surface area contributed by atoms with Crippen LogP contribution in [0.5, 0.6) is 11.5 Å². The maximum absolute atomic E-state index is 12.2. The number of hydrogen-bond acceptors (Lipinski definition) is 11. The van der Waals surface area contributed by atoms with Gasteiger partial charge in [0.2, 0.25) is 12.8 Å².